The van der Waals surface area contributed by atoms with Gasteiger partial charge in [0.25, 0.3) is 0 Å². The standard InChI is InChI=1S/C27H29NO6/c1-3-32-27(30)16-12-22-11-15-24(17-26(22)29)33-18-20-9-13-23(14-10-20)34-19-25(28-31-2)21-7-5-4-6-8-21/h4-11,13-15,17,29H,3,12,16,18-19H2,1-2H3. The third-order valence-corrected chi connectivity index (χ3v) is 4.97. The molecule has 0 fully saturated rings. The highest BCUT2D eigenvalue weighted by Gasteiger charge is 2.09. The maximum atomic E-state index is 11.5. The Bertz CT molecular complexity index is 1080. The van der Waals surface area contributed by atoms with Crippen LogP contribution in [-0.2, 0) is 27.4 Å². The highest BCUT2D eigenvalue weighted by atomic mass is 16.6. The summed E-state index contributed by atoms with van der Waals surface area (Å²) >= 11 is 0. The number of oxime groups is 1. The number of ether oxygens (including phenoxy) is 3. The second-order valence-electron chi connectivity index (χ2n) is 7.40. The Morgan fingerprint density at radius 1 is 0.941 bits per heavy atom. The number of benzene rings is 3. The number of esters is 1. The molecule has 0 unspecified atom stereocenters. The van der Waals surface area contributed by atoms with Crippen LogP contribution in [0.4, 0.5) is 0 Å². The Morgan fingerprint density at radius 3 is 2.35 bits per heavy atom. The number of nitrogens with zero attached hydrogens (tertiary/aromatic N) is 1. The van der Waals surface area contributed by atoms with E-state index in [2.05, 4.69) is 5.16 Å². The van der Waals surface area contributed by atoms with Gasteiger partial charge in [0, 0.05) is 18.1 Å². The van der Waals surface area contributed by atoms with Crippen molar-refractivity contribution in [1.29, 1.82) is 0 Å². The van der Waals surface area contributed by atoms with Gasteiger partial charge in [-0.25, -0.2) is 0 Å². The van der Waals surface area contributed by atoms with Crippen LogP contribution in [0.15, 0.2) is 78.0 Å². The van der Waals surface area contributed by atoms with Crippen LogP contribution in [0.3, 0.4) is 0 Å². The third kappa shape index (κ3) is 7.55. The van der Waals surface area contributed by atoms with Crippen molar-refractivity contribution in [1.82, 2.24) is 0 Å². The SMILES string of the molecule is CCOC(=O)CCc1ccc(OCc2ccc(OCC(=NOC)c3ccccc3)cc2)cc1O. The molecule has 0 saturated heterocycles. The average molecular weight is 464 g/mol. The van der Waals surface area contributed by atoms with Gasteiger partial charge in [-0.2, -0.15) is 0 Å². The maximum absolute atomic E-state index is 11.5. The van der Waals surface area contributed by atoms with E-state index in [0.29, 0.717) is 42.4 Å². The summed E-state index contributed by atoms with van der Waals surface area (Å²) in [4.78, 5) is 16.4. The van der Waals surface area contributed by atoms with Crippen LogP contribution in [0.5, 0.6) is 17.2 Å². The van der Waals surface area contributed by atoms with E-state index in [0.717, 1.165) is 11.1 Å². The van der Waals surface area contributed by atoms with Gasteiger partial charge in [0.1, 0.15) is 43.3 Å². The second-order valence-corrected chi connectivity index (χ2v) is 7.40. The summed E-state index contributed by atoms with van der Waals surface area (Å²) in [6.07, 6.45) is 0.633. The number of aromatic hydroxyl groups is 1. The van der Waals surface area contributed by atoms with Crippen molar-refractivity contribution in [3.8, 4) is 17.2 Å². The van der Waals surface area contributed by atoms with Crippen LogP contribution in [-0.4, -0.2) is 37.1 Å². The maximum Gasteiger partial charge on any atom is 0.306 e. The molecular formula is C27H29NO6. The fourth-order valence-corrected chi connectivity index (χ4v) is 3.22. The lowest BCUT2D eigenvalue weighted by molar-refractivity contribution is -0.143. The van der Waals surface area contributed by atoms with E-state index < -0.39 is 0 Å². The molecule has 7 heteroatoms. The quantitative estimate of drug-likeness (QED) is 0.234. The van der Waals surface area contributed by atoms with Gasteiger partial charge in [0.15, 0.2) is 0 Å². The minimum absolute atomic E-state index is 0.0949. The summed E-state index contributed by atoms with van der Waals surface area (Å²) < 4.78 is 16.6. The van der Waals surface area contributed by atoms with Gasteiger partial charge in [-0.3, -0.25) is 4.79 Å². The fraction of sp³-hybridized carbons (Fsp3) is 0.259. The molecule has 178 valence electrons. The van der Waals surface area contributed by atoms with Gasteiger partial charge in [0.2, 0.25) is 0 Å². The fourth-order valence-electron chi connectivity index (χ4n) is 3.22. The van der Waals surface area contributed by atoms with Gasteiger partial charge < -0.3 is 24.2 Å². The van der Waals surface area contributed by atoms with Crippen LogP contribution in [0.25, 0.3) is 0 Å². The van der Waals surface area contributed by atoms with Crippen molar-refractivity contribution < 1.29 is 28.9 Å². The number of phenols is 1. The smallest absolute Gasteiger partial charge is 0.306 e. The highest BCUT2D eigenvalue weighted by molar-refractivity contribution is 6.01. The number of hydrogen-bond acceptors (Lipinski definition) is 7. The number of phenolic OH excluding ortho intramolecular Hbond substituents is 1. The molecule has 3 rings (SSSR count). The van der Waals surface area contributed by atoms with Crippen LogP contribution >= 0.6 is 0 Å². The summed E-state index contributed by atoms with van der Waals surface area (Å²) in [5.41, 5.74) is 3.26. The molecule has 0 aliphatic carbocycles. The van der Waals surface area contributed by atoms with Crippen molar-refractivity contribution in [2.75, 3.05) is 20.3 Å². The first-order valence-corrected chi connectivity index (χ1v) is 11.1. The van der Waals surface area contributed by atoms with Crippen LogP contribution in [0.2, 0.25) is 0 Å². The number of carbonyl (C=O) groups is 1. The zero-order valence-corrected chi connectivity index (χ0v) is 19.4. The monoisotopic (exact) mass is 463 g/mol. The second kappa shape index (κ2) is 12.9. The number of carbonyl (C=O) groups excluding carboxylic acids is 1. The first-order chi connectivity index (χ1) is 16.6. The van der Waals surface area contributed by atoms with Crippen LogP contribution in [0.1, 0.15) is 30.0 Å². The highest BCUT2D eigenvalue weighted by Crippen LogP contribution is 2.25. The predicted molar refractivity (Wildman–Crippen MR) is 129 cm³/mol. The lowest BCUT2D eigenvalue weighted by atomic mass is 10.1. The van der Waals surface area contributed by atoms with E-state index in [1.165, 1.54) is 7.11 Å². The van der Waals surface area contributed by atoms with Gasteiger partial charge in [-0.15, -0.1) is 0 Å². The van der Waals surface area contributed by atoms with E-state index in [-0.39, 0.29) is 24.7 Å². The molecule has 0 bridgehead atoms. The summed E-state index contributed by atoms with van der Waals surface area (Å²) in [7, 11) is 1.51. The molecule has 34 heavy (non-hydrogen) atoms. The average Bonchev–Trinajstić information content (AvgIpc) is 2.86. The minimum atomic E-state index is -0.281. The van der Waals surface area contributed by atoms with Crippen molar-refractivity contribution in [3.63, 3.8) is 0 Å². The van der Waals surface area contributed by atoms with E-state index in [4.69, 9.17) is 19.0 Å². The van der Waals surface area contributed by atoms with Gasteiger partial charge in [-0.1, -0.05) is 53.7 Å². The summed E-state index contributed by atoms with van der Waals surface area (Å²) in [6, 6.07) is 22.4. The molecule has 3 aromatic rings. The zero-order chi connectivity index (χ0) is 24.2. The molecule has 0 aliphatic rings. The van der Waals surface area contributed by atoms with Crippen LogP contribution in [0, 0.1) is 0 Å². The van der Waals surface area contributed by atoms with E-state index in [1.54, 1.807) is 25.1 Å². The molecule has 0 saturated carbocycles. The Kier molecular flexibility index (Phi) is 9.34. The van der Waals surface area contributed by atoms with E-state index >= 15 is 0 Å². The van der Waals surface area contributed by atoms with Crippen molar-refractivity contribution in [2.24, 2.45) is 5.16 Å². The van der Waals surface area contributed by atoms with Gasteiger partial charge in [0.05, 0.1) is 6.61 Å². The number of hydrogen-bond donors (Lipinski definition) is 1. The lowest BCUT2D eigenvalue weighted by Crippen LogP contribution is -2.13. The van der Waals surface area contributed by atoms with Crippen molar-refractivity contribution in [3.05, 3.63) is 89.5 Å². The zero-order valence-electron chi connectivity index (χ0n) is 19.4. The van der Waals surface area contributed by atoms with Crippen molar-refractivity contribution >= 4 is 11.7 Å². The molecule has 7 nitrogen and oxygen atoms in total. The summed E-state index contributed by atoms with van der Waals surface area (Å²) in [6.45, 7) is 2.72. The first kappa shape index (κ1) is 24.6. The van der Waals surface area contributed by atoms with Crippen molar-refractivity contribution in [2.45, 2.75) is 26.4 Å². The lowest BCUT2D eigenvalue weighted by Gasteiger charge is -2.11. The molecule has 0 aliphatic heterocycles. The molecule has 0 atom stereocenters. The van der Waals surface area contributed by atoms with Gasteiger partial charge in [-0.05, 0) is 42.7 Å². The minimum Gasteiger partial charge on any atom is -0.508 e. The van der Waals surface area contributed by atoms with E-state index in [9.17, 15) is 9.90 Å². The Hall–Kier alpha value is -4.00. The molecule has 0 spiro atoms. The summed E-state index contributed by atoms with van der Waals surface area (Å²) in [5.74, 6) is 1.06. The molecule has 0 heterocycles. The molecule has 0 radical (unpaired) electrons. The third-order valence-electron chi connectivity index (χ3n) is 4.97. The summed E-state index contributed by atoms with van der Waals surface area (Å²) in [5, 5.41) is 14.3. The van der Waals surface area contributed by atoms with E-state index in [1.807, 2.05) is 54.6 Å². The number of rotatable bonds is 12. The normalized spacial score (nSPS) is 11.1. The Labute approximate surface area is 199 Å². The first-order valence-electron chi connectivity index (χ1n) is 11.1. The molecular weight excluding hydrogens is 434 g/mol. The number of aryl methyl sites for hydroxylation is 1. The molecule has 0 aromatic heterocycles. The largest absolute Gasteiger partial charge is 0.508 e. The molecule has 3 aromatic carbocycles. The molecule has 1 N–H and O–H groups in total. The van der Waals surface area contributed by atoms with Gasteiger partial charge >= 0.3 is 5.97 Å². The topological polar surface area (TPSA) is 86.6 Å². The van der Waals surface area contributed by atoms with Crippen LogP contribution < -0.4 is 9.47 Å². The molecule has 0 amide bonds. The Balaban J connectivity index is 1.50. The Morgan fingerprint density at radius 2 is 1.68 bits per heavy atom. The predicted octanol–water partition coefficient (Wildman–Crippen LogP) is 4.90.